The van der Waals surface area contributed by atoms with Crippen LogP contribution in [0.2, 0.25) is 5.02 Å². The molecule has 2 nitrogen and oxygen atoms in total. The van der Waals surface area contributed by atoms with E-state index >= 15 is 0 Å². The molecule has 1 fully saturated rings. The normalized spacial score (nSPS) is 29.6. The summed E-state index contributed by atoms with van der Waals surface area (Å²) in [5.74, 6) is -0.440. The van der Waals surface area contributed by atoms with Gasteiger partial charge in [0.1, 0.15) is 5.82 Å². The average Bonchev–Trinajstić information content (AvgIpc) is 2.54. The highest BCUT2D eigenvalue weighted by atomic mass is 35.5. The predicted molar refractivity (Wildman–Crippen MR) is 61.9 cm³/mol. The second-order valence-electron chi connectivity index (χ2n) is 4.62. The number of benzene rings is 1. The van der Waals surface area contributed by atoms with E-state index in [1.807, 2.05) is 0 Å². The first-order valence-corrected chi connectivity index (χ1v) is 5.79. The molecule has 0 aliphatic heterocycles. The van der Waals surface area contributed by atoms with Gasteiger partial charge in [-0.1, -0.05) is 23.7 Å². The van der Waals surface area contributed by atoms with E-state index in [4.69, 9.17) is 17.3 Å². The Labute approximate surface area is 99.2 Å². The van der Waals surface area contributed by atoms with Crippen molar-refractivity contribution in [1.29, 1.82) is 0 Å². The molecule has 1 aliphatic rings. The maximum atomic E-state index is 13.2. The Morgan fingerprint density at radius 1 is 1.56 bits per heavy atom. The molecule has 16 heavy (non-hydrogen) atoms. The quantitative estimate of drug-likeness (QED) is 0.837. The molecule has 1 aromatic carbocycles. The zero-order valence-electron chi connectivity index (χ0n) is 8.92. The van der Waals surface area contributed by atoms with Crippen molar-refractivity contribution >= 4 is 11.6 Å². The number of aliphatic hydroxyl groups is 1. The van der Waals surface area contributed by atoms with Crippen LogP contribution >= 0.6 is 11.6 Å². The third kappa shape index (κ3) is 2.37. The van der Waals surface area contributed by atoms with Gasteiger partial charge in [0.25, 0.3) is 0 Å². The standard InChI is InChI=1S/C12H15ClFNO/c13-11-8(2-1-3-10(11)14)6-12(16)5-4-9(15)7-12/h1-3,9,16H,4-7,15H2. The lowest BCUT2D eigenvalue weighted by atomic mass is 9.92. The summed E-state index contributed by atoms with van der Waals surface area (Å²) in [5, 5.41) is 10.4. The number of hydrogen-bond acceptors (Lipinski definition) is 2. The molecular weight excluding hydrogens is 229 g/mol. The Morgan fingerprint density at radius 2 is 2.31 bits per heavy atom. The highest BCUT2D eigenvalue weighted by molar-refractivity contribution is 6.31. The molecule has 0 saturated heterocycles. The van der Waals surface area contributed by atoms with Gasteiger partial charge >= 0.3 is 0 Å². The van der Waals surface area contributed by atoms with E-state index in [2.05, 4.69) is 0 Å². The second-order valence-corrected chi connectivity index (χ2v) is 4.99. The van der Waals surface area contributed by atoms with Crippen LogP contribution in [0.5, 0.6) is 0 Å². The van der Waals surface area contributed by atoms with Gasteiger partial charge in [-0.2, -0.15) is 0 Å². The maximum Gasteiger partial charge on any atom is 0.142 e. The third-order valence-corrected chi connectivity index (χ3v) is 3.60. The fourth-order valence-electron chi connectivity index (χ4n) is 2.35. The van der Waals surface area contributed by atoms with Crippen LogP contribution < -0.4 is 5.73 Å². The molecule has 0 aromatic heterocycles. The van der Waals surface area contributed by atoms with E-state index < -0.39 is 11.4 Å². The van der Waals surface area contributed by atoms with E-state index in [0.29, 0.717) is 24.8 Å². The van der Waals surface area contributed by atoms with E-state index in [0.717, 1.165) is 6.42 Å². The van der Waals surface area contributed by atoms with Crippen molar-refractivity contribution in [3.05, 3.63) is 34.6 Å². The van der Waals surface area contributed by atoms with Gasteiger partial charge in [0.15, 0.2) is 0 Å². The lowest BCUT2D eigenvalue weighted by molar-refractivity contribution is 0.0468. The molecule has 0 radical (unpaired) electrons. The van der Waals surface area contributed by atoms with Crippen molar-refractivity contribution in [2.24, 2.45) is 5.73 Å². The minimum absolute atomic E-state index is 0.0392. The van der Waals surface area contributed by atoms with Crippen LogP contribution in [0.4, 0.5) is 4.39 Å². The van der Waals surface area contributed by atoms with E-state index in [-0.39, 0.29) is 11.1 Å². The summed E-state index contributed by atoms with van der Waals surface area (Å²) in [4.78, 5) is 0. The van der Waals surface area contributed by atoms with Crippen molar-refractivity contribution in [3.63, 3.8) is 0 Å². The minimum Gasteiger partial charge on any atom is -0.389 e. The number of halogens is 2. The number of rotatable bonds is 2. The Morgan fingerprint density at radius 3 is 2.94 bits per heavy atom. The van der Waals surface area contributed by atoms with E-state index in [1.165, 1.54) is 6.07 Å². The van der Waals surface area contributed by atoms with Crippen LogP contribution in [0.1, 0.15) is 24.8 Å². The van der Waals surface area contributed by atoms with Gasteiger partial charge in [-0.3, -0.25) is 0 Å². The fourth-order valence-corrected chi connectivity index (χ4v) is 2.54. The van der Waals surface area contributed by atoms with E-state index in [1.54, 1.807) is 12.1 Å². The van der Waals surface area contributed by atoms with Crippen molar-refractivity contribution in [1.82, 2.24) is 0 Å². The molecular formula is C12H15ClFNO. The second kappa shape index (κ2) is 4.32. The summed E-state index contributed by atoms with van der Waals surface area (Å²) < 4.78 is 13.2. The highest BCUT2D eigenvalue weighted by Crippen LogP contribution is 2.34. The summed E-state index contributed by atoms with van der Waals surface area (Å²) in [6.45, 7) is 0. The number of hydrogen-bond donors (Lipinski definition) is 2. The first kappa shape index (κ1) is 11.8. The molecule has 1 aromatic rings. The molecule has 88 valence electrons. The van der Waals surface area contributed by atoms with Crippen LogP contribution in [0.3, 0.4) is 0 Å². The summed E-state index contributed by atoms with van der Waals surface area (Å²) in [5.41, 5.74) is 5.59. The van der Waals surface area contributed by atoms with Crippen LogP contribution in [0.25, 0.3) is 0 Å². The molecule has 0 bridgehead atoms. The zero-order chi connectivity index (χ0) is 11.8. The lowest BCUT2D eigenvalue weighted by Gasteiger charge is -2.23. The van der Waals surface area contributed by atoms with Gasteiger partial charge in [0, 0.05) is 12.5 Å². The summed E-state index contributed by atoms with van der Waals surface area (Å²) in [6.07, 6.45) is 2.39. The largest absolute Gasteiger partial charge is 0.389 e. The Hall–Kier alpha value is -0.640. The van der Waals surface area contributed by atoms with Gasteiger partial charge in [0.2, 0.25) is 0 Å². The molecule has 2 unspecified atom stereocenters. The Kier molecular flexibility index (Phi) is 3.19. The monoisotopic (exact) mass is 243 g/mol. The molecule has 1 saturated carbocycles. The van der Waals surface area contributed by atoms with Crippen molar-refractivity contribution < 1.29 is 9.50 Å². The Bertz CT molecular complexity index is 399. The SMILES string of the molecule is NC1CCC(O)(Cc2cccc(F)c2Cl)C1. The Balaban J connectivity index is 2.18. The summed E-state index contributed by atoms with van der Waals surface area (Å²) >= 11 is 5.85. The first-order valence-electron chi connectivity index (χ1n) is 5.41. The van der Waals surface area contributed by atoms with E-state index in [9.17, 15) is 9.50 Å². The minimum atomic E-state index is -0.823. The molecule has 3 N–H and O–H groups in total. The lowest BCUT2D eigenvalue weighted by Crippen LogP contribution is -2.30. The molecule has 1 aliphatic carbocycles. The van der Waals surface area contributed by atoms with Crippen LogP contribution in [-0.2, 0) is 6.42 Å². The molecule has 0 heterocycles. The summed E-state index contributed by atoms with van der Waals surface area (Å²) in [6, 6.07) is 4.70. The summed E-state index contributed by atoms with van der Waals surface area (Å²) in [7, 11) is 0. The average molecular weight is 244 g/mol. The first-order chi connectivity index (χ1) is 7.50. The molecule has 0 amide bonds. The molecule has 0 spiro atoms. The molecule has 2 atom stereocenters. The van der Waals surface area contributed by atoms with Crippen molar-refractivity contribution in [2.75, 3.05) is 0 Å². The fraction of sp³-hybridized carbons (Fsp3) is 0.500. The van der Waals surface area contributed by atoms with Crippen molar-refractivity contribution in [2.45, 2.75) is 37.3 Å². The highest BCUT2D eigenvalue weighted by Gasteiger charge is 2.36. The van der Waals surface area contributed by atoms with Gasteiger partial charge in [0.05, 0.1) is 10.6 Å². The van der Waals surface area contributed by atoms with Crippen molar-refractivity contribution in [3.8, 4) is 0 Å². The molecule has 4 heteroatoms. The van der Waals surface area contributed by atoms with Gasteiger partial charge < -0.3 is 10.8 Å². The third-order valence-electron chi connectivity index (χ3n) is 3.17. The smallest absolute Gasteiger partial charge is 0.142 e. The number of nitrogens with two attached hydrogens (primary N) is 1. The van der Waals surface area contributed by atoms with Crippen LogP contribution in [0.15, 0.2) is 18.2 Å². The predicted octanol–water partition coefficient (Wildman–Crippen LogP) is 2.26. The zero-order valence-corrected chi connectivity index (χ0v) is 9.67. The van der Waals surface area contributed by atoms with Gasteiger partial charge in [-0.05, 0) is 30.9 Å². The maximum absolute atomic E-state index is 13.2. The molecule has 2 rings (SSSR count). The topological polar surface area (TPSA) is 46.2 Å². The van der Waals surface area contributed by atoms with Crippen LogP contribution in [0, 0.1) is 5.82 Å². The van der Waals surface area contributed by atoms with Gasteiger partial charge in [-0.25, -0.2) is 4.39 Å². The van der Waals surface area contributed by atoms with Crippen LogP contribution in [-0.4, -0.2) is 16.7 Å². The van der Waals surface area contributed by atoms with Gasteiger partial charge in [-0.15, -0.1) is 0 Å².